The molecule has 2 aromatic rings. The third-order valence-corrected chi connectivity index (χ3v) is 3.52. The number of esters is 1. The second kappa shape index (κ2) is 6.62. The van der Waals surface area contributed by atoms with Gasteiger partial charge in [0.1, 0.15) is 5.75 Å². The molecule has 0 spiro atoms. The quantitative estimate of drug-likeness (QED) is 0.509. The molecule has 0 aliphatic rings. The van der Waals surface area contributed by atoms with Gasteiger partial charge in [-0.05, 0) is 28.5 Å². The van der Waals surface area contributed by atoms with Gasteiger partial charge >= 0.3 is 5.97 Å². The first-order valence-corrected chi connectivity index (χ1v) is 8.53. The summed E-state index contributed by atoms with van der Waals surface area (Å²) in [6.45, 7) is 3.33. The van der Waals surface area contributed by atoms with Crippen LogP contribution in [0.4, 0.5) is 0 Å². The summed E-state index contributed by atoms with van der Waals surface area (Å²) in [6, 6.07) is 10.3. The van der Waals surface area contributed by atoms with Crippen LogP contribution in [0.25, 0.3) is 10.8 Å². The van der Waals surface area contributed by atoms with Gasteiger partial charge in [0.15, 0.2) is 0 Å². The Hall–Kier alpha value is -2.67. The normalized spacial score (nSPS) is 11.0. The average Bonchev–Trinajstić information content (AvgIpc) is 2.45. The second-order valence-corrected chi connectivity index (χ2v) is 6.69. The Bertz CT molecular complexity index is 886. The van der Waals surface area contributed by atoms with Crippen molar-refractivity contribution < 1.29 is 22.7 Å². The molecule has 23 heavy (non-hydrogen) atoms. The maximum absolute atomic E-state index is 11.6. The van der Waals surface area contributed by atoms with Crippen LogP contribution in [0.5, 0.6) is 5.75 Å². The molecule has 0 aliphatic carbocycles. The number of hydrogen-bond acceptors (Lipinski definition) is 5. The van der Waals surface area contributed by atoms with Crippen LogP contribution in [-0.4, -0.2) is 26.6 Å². The Morgan fingerprint density at radius 1 is 1.17 bits per heavy atom. The summed E-state index contributed by atoms with van der Waals surface area (Å²) < 4.78 is 29.0. The van der Waals surface area contributed by atoms with Crippen molar-refractivity contribution in [1.82, 2.24) is 4.72 Å². The number of benzene rings is 2. The molecule has 0 bridgehead atoms. The molecule has 1 amide bonds. The van der Waals surface area contributed by atoms with Crippen LogP contribution in [0.1, 0.15) is 5.56 Å². The van der Waals surface area contributed by atoms with Crippen molar-refractivity contribution in [1.29, 1.82) is 0 Å². The van der Waals surface area contributed by atoms with Crippen LogP contribution in [-0.2, 0) is 26.0 Å². The van der Waals surface area contributed by atoms with Crippen LogP contribution in [0.3, 0.4) is 0 Å². The van der Waals surface area contributed by atoms with Crippen molar-refractivity contribution in [2.24, 2.45) is 0 Å². The van der Waals surface area contributed by atoms with Crippen LogP contribution in [0.2, 0.25) is 0 Å². The number of carbonyl (C=O) groups is 2. The minimum Gasteiger partial charge on any atom is -0.423 e. The summed E-state index contributed by atoms with van der Waals surface area (Å²) in [6.07, 6.45) is 1.96. The van der Waals surface area contributed by atoms with E-state index in [1.165, 1.54) is 0 Å². The van der Waals surface area contributed by atoms with Crippen molar-refractivity contribution in [3.8, 4) is 5.75 Å². The summed E-state index contributed by atoms with van der Waals surface area (Å²) in [5.41, 5.74) is 0.675. The van der Waals surface area contributed by atoms with E-state index in [0.717, 1.165) is 23.1 Å². The van der Waals surface area contributed by atoms with Crippen LogP contribution < -0.4 is 9.46 Å². The van der Waals surface area contributed by atoms with Gasteiger partial charge < -0.3 is 4.74 Å². The Morgan fingerprint density at radius 3 is 2.48 bits per heavy atom. The summed E-state index contributed by atoms with van der Waals surface area (Å²) in [5, 5.41) is 1.67. The lowest BCUT2D eigenvalue weighted by atomic mass is 10.0. The first-order chi connectivity index (χ1) is 10.8. The van der Waals surface area contributed by atoms with Crippen molar-refractivity contribution in [2.45, 2.75) is 6.42 Å². The zero-order chi connectivity index (χ0) is 17.0. The topological polar surface area (TPSA) is 89.5 Å². The molecule has 0 heterocycles. The van der Waals surface area contributed by atoms with E-state index in [0.29, 0.717) is 11.3 Å². The fraction of sp³-hybridized carbons (Fsp3) is 0.125. The van der Waals surface area contributed by atoms with Gasteiger partial charge in [0.2, 0.25) is 15.9 Å². The van der Waals surface area contributed by atoms with Gasteiger partial charge in [-0.25, -0.2) is 13.2 Å². The van der Waals surface area contributed by atoms with Crippen molar-refractivity contribution in [2.75, 3.05) is 6.26 Å². The lowest BCUT2D eigenvalue weighted by Crippen LogP contribution is -2.30. The molecule has 6 nitrogen and oxygen atoms in total. The molecule has 0 fully saturated rings. The highest BCUT2D eigenvalue weighted by Gasteiger charge is 2.10. The molecular weight excluding hydrogens is 318 g/mol. The van der Waals surface area contributed by atoms with Crippen molar-refractivity contribution in [3.05, 3.63) is 54.6 Å². The largest absolute Gasteiger partial charge is 0.423 e. The van der Waals surface area contributed by atoms with E-state index in [1.807, 2.05) is 4.72 Å². The first-order valence-electron chi connectivity index (χ1n) is 6.64. The van der Waals surface area contributed by atoms with Gasteiger partial charge in [-0.3, -0.25) is 9.52 Å². The molecule has 0 saturated heterocycles. The monoisotopic (exact) mass is 333 g/mol. The predicted octanol–water partition coefficient (Wildman–Crippen LogP) is 1.55. The highest BCUT2D eigenvalue weighted by atomic mass is 32.2. The highest BCUT2D eigenvalue weighted by molar-refractivity contribution is 7.89. The molecule has 0 aliphatic heterocycles. The third-order valence-electron chi connectivity index (χ3n) is 2.93. The van der Waals surface area contributed by atoms with Crippen molar-refractivity contribution >= 4 is 32.7 Å². The predicted molar refractivity (Wildman–Crippen MR) is 86.5 cm³/mol. The molecule has 0 radical (unpaired) electrons. The number of nitrogens with one attached hydrogen (secondary N) is 1. The average molecular weight is 333 g/mol. The van der Waals surface area contributed by atoms with Gasteiger partial charge in [0.05, 0.1) is 12.7 Å². The molecule has 1 N–H and O–H groups in total. The third kappa shape index (κ3) is 4.93. The van der Waals surface area contributed by atoms with Crippen LogP contribution in [0.15, 0.2) is 49.1 Å². The number of hydrogen-bond donors (Lipinski definition) is 1. The molecule has 7 heteroatoms. The summed E-state index contributed by atoms with van der Waals surface area (Å²) in [4.78, 5) is 22.8. The number of ether oxygens (including phenoxy) is 1. The minimum absolute atomic E-state index is 0.0454. The molecule has 0 atom stereocenters. The van der Waals surface area contributed by atoms with E-state index < -0.39 is 21.9 Å². The summed E-state index contributed by atoms with van der Waals surface area (Å²) >= 11 is 0. The van der Waals surface area contributed by atoms with E-state index in [1.54, 1.807) is 36.4 Å². The minimum atomic E-state index is -3.56. The maximum atomic E-state index is 11.6. The first kappa shape index (κ1) is 16.7. The van der Waals surface area contributed by atoms with E-state index in [9.17, 15) is 18.0 Å². The fourth-order valence-corrected chi connectivity index (χ4v) is 2.52. The van der Waals surface area contributed by atoms with Crippen LogP contribution in [0, 0.1) is 0 Å². The maximum Gasteiger partial charge on any atom is 0.335 e. The van der Waals surface area contributed by atoms with E-state index in [4.69, 9.17) is 4.74 Å². The fourth-order valence-electron chi connectivity index (χ4n) is 2.03. The lowest BCUT2D eigenvalue weighted by molar-refractivity contribution is -0.129. The number of amides is 1. The Kier molecular flexibility index (Phi) is 4.80. The SMILES string of the molecule is C=CC(=O)Oc1ccc2cc(CC(=O)NS(C)(=O)=O)ccc2c1. The highest BCUT2D eigenvalue weighted by Crippen LogP contribution is 2.22. The van der Waals surface area contributed by atoms with Gasteiger partial charge in [-0.15, -0.1) is 0 Å². The Morgan fingerprint density at radius 2 is 1.83 bits per heavy atom. The Balaban J connectivity index is 2.19. The Labute approximate surface area is 133 Å². The second-order valence-electron chi connectivity index (χ2n) is 4.94. The number of fused-ring (bicyclic) bond motifs is 1. The van der Waals surface area contributed by atoms with E-state index in [2.05, 4.69) is 6.58 Å². The molecule has 120 valence electrons. The number of sulfonamides is 1. The van der Waals surface area contributed by atoms with E-state index in [-0.39, 0.29) is 6.42 Å². The molecular formula is C16H15NO5S. The number of carbonyl (C=O) groups excluding carboxylic acids is 2. The van der Waals surface area contributed by atoms with Gasteiger partial charge in [0, 0.05) is 6.08 Å². The van der Waals surface area contributed by atoms with Gasteiger partial charge in [-0.1, -0.05) is 30.8 Å². The number of rotatable bonds is 5. The molecule has 0 saturated carbocycles. The standard InChI is InChI=1S/C16H15NO5S/c1-3-16(19)22-14-7-6-12-8-11(4-5-13(12)10-14)9-15(18)17-23(2,20)21/h3-8,10H,1,9H2,2H3,(H,17,18). The smallest absolute Gasteiger partial charge is 0.335 e. The van der Waals surface area contributed by atoms with Crippen molar-refractivity contribution in [3.63, 3.8) is 0 Å². The summed E-state index contributed by atoms with van der Waals surface area (Å²) in [5.74, 6) is -0.744. The van der Waals surface area contributed by atoms with E-state index >= 15 is 0 Å². The lowest BCUT2D eigenvalue weighted by Gasteiger charge is -2.06. The molecule has 2 aromatic carbocycles. The molecule has 2 rings (SSSR count). The summed E-state index contributed by atoms with van der Waals surface area (Å²) in [7, 11) is -3.56. The zero-order valence-electron chi connectivity index (χ0n) is 12.4. The van der Waals surface area contributed by atoms with Crippen LogP contribution >= 0.6 is 0 Å². The van der Waals surface area contributed by atoms with Gasteiger partial charge in [0.25, 0.3) is 0 Å². The van der Waals surface area contributed by atoms with Gasteiger partial charge in [-0.2, -0.15) is 0 Å². The molecule has 0 aromatic heterocycles. The zero-order valence-corrected chi connectivity index (χ0v) is 13.2. The molecule has 0 unspecified atom stereocenters.